The van der Waals surface area contributed by atoms with Crippen molar-refractivity contribution in [3.63, 3.8) is 0 Å². The molecule has 44 heavy (non-hydrogen) atoms. The number of methoxy groups -OCH3 is 1. The van der Waals surface area contributed by atoms with Crippen LogP contribution in [-0.4, -0.2) is 141 Å². The molecule has 0 spiro atoms. The molecule has 3 fully saturated rings. The molecule has 18 nitrogen and oxygen atoms in total. The molecular formula is C23H40O18S3. The van der Waals surface area contributed by atoms with Crippen molar-refractivity contribution in [3.05, 3.63) is 0 Å². The van der Waals surface area contributed by atoms with Gasteiger partial charge < -0.3 is 43.7 Å². The molecule has 3 saturated heterocycles. The third kappa shape index (κ3) is 10.9. The first kappa shape index (κ1) is 37.7. The number of hydrogen-bond acceptors (Lipinski definition) is 16. The van der Waals surface area contributed by atoms with Crippen molar-refractivity contribution in [3.8, 4) is 0 Å². The minimum Gasteiger partial charge on any atom is -0.479 e. The van der Waals surface area contributed by atoms with Crippen molar-refractivity contribution >= 4 is 39.4 Å². The van der Waals surface area contributed by atoms with Gasteiger partial charge in [-0.25, -0.2) is 13.2 Å². The van der Waals surface area contributed by atoms with Gasteiger partial charge in [0, 0.05) is 19.4 Å². The average Bonchev–Trinajstić information content (AvgIpc) is 3.21. The Morgan fingerprint density at radius 3 is 2.07 bits per heavy atom. The summed E-state index contributed by atoms with van der Waals surface area (Å²) in [5.41, 5.74) is 0. The average molecular weight is 701 g/mol. The second-order valence-electron chi connectivity index (χ2n) is 10.7. The van der Waals surface area contributed by atoms with Crippen LogP contribution in [0.15, 0.2) is 0 Å². The van der Waals surface area contributed by atoms with Crippen LogP contribution >= 0.6 is 12.6 Å². The molecule has 0 aromatic carbocycles. The van der Waals surface area contributed by atoms with E-state index in [9.17, 15) is 36.9 Å². The Bertz CT molecular complexity index is 1140. The smallest absolute Gasteiger partial charge is 0.397 e. The Morgan fingerprint density at radius 2 is 1.50 bits per heavy atom. The summed E-state index contributed by atoms with van der Waals surface area (Å²) in [7, 11) is -8.29. The molecule has 0 aromatic rings. The maximum atomic E-state index is 12.2. The summed E-state index contributed by atoms with van der Waals surface area (Å²) in [4.78, 5) is 12.2. The van der Waals surface area contributed by atoms with Gasteiger partial charge in [-0.15, -0.1) is 0 Å². The lowest BCUT2D eigenvalue weighted by Crippen LogP contribution is -2.57. The van der Waals surface area contributed by atoms with Crippen molar-refractivity contribution in [1.29, 1.82) is 0 Å². The molecule has 0 saturated carbocycles. The maximum Gasteiger partial charge on any atom is 0.397 e. The van der Waals surface area contributed by atoms with E-state index in [1.807, 2.05) is 0 Å². The number of carboxylic acids is 1. The minimum absolute atomic E-state index is 0.280. The highest BCUT2D eigenvalue weighted by atomic mass is 32.3. The summed E-state index contributed by atoms with van der Waals surface area (Å²) in [5.74, 6) is -1.31. The Labute approximate surface area is 260 Å². The van der Waals surface area contributed by atoms with Crippen LogP contribution in [0, 0.1) is 5.92 Å². The number of unbranched alkanes of at least 4 members (excludes halogenated alkanes) is 1. The predicted molar refractivity (Wildman–Crippen MR) is 147 cm³/mol. The zero-order valence-electron chi connectivity index (χ0n) is 23.9. The van der Waals surface area contributed by atoms with Crippen LogP contribution in [0.25, 0.3) is 0 Å². The zero-order valence-corrected chi connectivity index (χ0v) is 26.4. The number of thiol groups is 1. The van der Waals surface area contributed by atoms with Gasteiger partial charge in [-0.1, -0.05) is 6.92 Å². The summed E-state index contributed by atoms with van der Waals surface area (Å²) < 4.78 is 105. The number of aliphatic hydroxyl groups is 2. The largest absolute Gasteiger partial charge is 0.479 e. The second kappa shape index (κ2) is 16.4. The summed E-state index contributed by atoms with van der Waals surface area (Å²) in [5, 5.41) is 31.7. The van der Waals surface area contributed by atoms with Gasteiger partial charge in [-0.3, -0.25) is 9.11 Å². The van der Waals surface area contributed by atoms with Gasteiger partial charge in [0.2, 0.25) is 0 Å². The summed E-state index contributed by atoms with van der Waals surface area (Å²) in [6.07, 6.45) is -12.2. The third-order valence-electron chi connectivity index (χ3n) is 7.44. The Kier molecular flexibility index (Phi) is 14.0. The lowest BCUT2D eigenvalue weighted by atomic mass is 9.95. The van der Waals surface area contributed by atoms with Gasteiger partial charge in [0.25, 0.3) is 0 Å². The quantitative estimate of drug-likeness (QED) is 0.0637. The molecule has 3 heterocycles. The standard InChI is InChI=1S/C23H40O18S3/c1-11-7-14(34-2)16(9-35-43(28,29)30)39-22(11)38-15-8-12(24)23(41-20(15)21(26)27)40-19-17(10-36-44(31,32)33)37-13(18(19)25)5-3-4-6-42/h11-20,22-25,42H,3-10H2,1-2H3,(H,26,27)(H,28,29,30)(H,31,32,33)/t11?,12?,13?,14?,15?,16?,17-,18+,19-,20?,22?,23?/m0/s1. The van der Waals surface area contributed by atoms with Crippen molar-refractivity contribution in [2.75, 3.05) is 26.1 Å². The Balaban J connectivity index is 1.71. The molecule has 3 aliphatic heterocycles. The van der Waals surface area contributed by atoms with Crippen molar-refractivity contribution < 1.29 is 82.8 Å². The zero-order chi connectivity index (χ0) is 32.8. The molecule has 258 valence electrons. The molecule has 0 bridgehead atoms. The number of rotatable bonds is 16. The molecule has 3 rings (SSSR count). The Morgan fingerprint density at radius 1 is 0.864 bits per heavy atom. The monoisotopic (exact) mass is 700 g/mol. The first-order valence-electron chi connectivity index (χ1n) is 13.8. The molecule has 21 heteroatoms. The number of hydrogen-bond donors (Lipinski definition) is 6. The van der Waals surface area contributed by atoms with Crippen molar-refractivity contribution in [2.24, 2.45) is 5.92 Å². The normalized spacial score (nSPS) is 38.5. The predicted octanol–water partition coefficient (Wildman–Crippen LogP) is -1.05. The fourth-order valence-electron chi connectivity index (χ4n) is 5.29. The molecule has 12 atom stereocenters. The van der Waals surface area contributed by atoms with E-state index in [-0.39, 0.29) is 12.8 Å². The van der Waals surface area contributed by atoms with Gasteiger partial charge in [0.1, 0.15) is 36.6 Å². The van der Waals surface area contributed by atoms with E-state index in [0.29, 0.717) is 25.0 Å². The second-order valence-corrected chi connectivity index (χ2v) is 13.3. The SMILES string of the molecule is COC1CC(C)C(OC2CC(O)C(O[C@H]3[C@H](COS(=O)(=O)O)OC(CCCCS)[C@H]3O)OC2C(=O)O)OC1COS(=O)(=O)O. The van der Waals surface area contributed by atoms with Crippen LogP contribution in [0.5, 0.6) is 0 Å². The highest BCUT2D eigenvalue weighted by molar-refractivity contribution is 7.81. The Hall–Kier alpha value is -0.760. The van der Waals surface area contributed by atoms with E-state index in [1.165, 1.54) is 7.11 Å². The molecule has 0 aliphatic carbocycles. The lowest BCUT2D eigenvalue weighted by molar-refractivity contribution is -0.324. The van der Waals surface area contributed by atoms with E-state index in [0.717, 1.165) is 0 Å². The van der Waals surface area contributed by atoms with Crippen molar-refractivity contribution in [1.82, 2.24) is 0 Å². The molecule has 3 aliphatic rings. The number of carbonyl (C=O) groups is 1. The minimum atomic E-state index is -4.87. The lowest BCUT2D eigenvalue weighted by Gasteiger charge is -2.43. The summed E-state index contributed by atoms with van der Waals surface area (Å²) >= 11 is 4.13. The number of ether oxygens (including phenoxy) is 6. The number of aliphatic hydroxyl groups excluding tert-OH is 2. The van der Waals surface area contributed by atoms with E-state index >= 15 is 0 Å². The van der Waals surface area contributed by atoms with Crippen LogP contribution in [0.3, 0.4) is 0 Å². The van der Waals surface area contributed by atoms with Gasteiger partial charge in [-0.05, 0) is 31.4 Å². The van der Waals surface area contributed by atoms with Gasteiger partial charge in [0.15, 0.2) is 18.7 Å². The fraction of sp³-hybridized carbons (Fsp3) is 0.957. The fourth-order valence-corrected chi connectivity index (χ4v) is 6.13. The molecule has 0 aromatic heterocycles. The van der Waals surface area contributed by atoms with E-state index in [1.54, 1.807) is 6.92 Å². The van der Waals surface area contributed by atoms with Crippen LogP contribution in [0.2, 0.25) is 0 Å². The van der Waals surface area contributed by atoms with Crippen LogP contribution in [0.1, 0.15) is 39.0 Å². The van der Waals surface area contributed by atoms with E-state index in [4.69, 9.17) is 37.5 Å². The van der Waals surface area contributed by atoms with E-state index in [2.05, 4.69) is 21.0 Å². The van der Waals surface area contributed by atoms with Crippen LogP contribution in [-0.2, 0) is 62.4 Å². The third-order valence-corrected chi connectivity index (χ3v) is 8.62. The topological polar surface area (TPSA) is 260 Å². The summed E-state index contributed by atoms with van der Waals surface area (Å²) in [6.45, 7) is 0.347. The van der Waals surface area contributed by atoms with Gasteiger partial charge in [-0.2, -0.15) is 29.5 Å². The molecular weight excluding hydrogens is 660 g/mol. The highest BCUT2D eigenvalue weighted by Crippen LogP contribution is 2.35. The van der Waals surface area contributed by atoms with Crippen LogP contribution < -0.4 is 0 Å². The highest BCUT2D eigenvalue weighted by Gasteiger charge is 2.51. The number of aliphatic carboxylic acids is 1. The molecule has 5 N–H and O–H groups in total. The van der Waals surface area contributed by atoms with E-state index < -0.39 is 113 Å². The molecule has 0 radical (unpaired) electrons. The maximum absolute atomic E-state index is 12.2. The van der Waals surface area contributed by atoms with Gasteiger partial charge >= 0.3 is 26.8 Å². The summed E-state index contributed by atoms with van der Waals surface area (Å²) in [6, 6.07) is 0. The van der Waals surface area contributed by atoms with Crippen molar-refractivity contribution in [2.45, 2.75) is 107 Å². The first-order chi connectivity index (χ1) is 20.5. The molecule has 9 unspecified atom stereocenters. The molecule has 0 amide bonds. The number of carboxylic acid groups (broad SMARTS) is 1. The van der Waals surface area contributed by atoms with Crippen LogP contribution in [0.4, 0.5) is 0 Å². The first-order valence-corrected chi connectivity index (χ1v) is 17.1. The van der Waals surface area contributed by atoms with Gasteiger partial charge in [0.05, 0.1) is 25.4 Å².